The molecule has 8 heteroatoms. The fraction of sp³-hybridized carbons (Fsp3) is 0.600. The third-order valence-electron chi connectivity index (χ3n) is 8.29. The molecule has 0 unspecified atom stereocenters. The SMILES string of the molecule is C[C@]12CCCN3CCC[C@H]([C@H]4CCC(/C=N/OC(=O)c5ccc6c(c5)OCO6)=C(Cl)N4C1)[C@@H]32. The van der Waals surface area contributed by atoms with Crippen molar-refractivity contribution in [1.29, 1.82) is 0 Å². The largest absolute Gasteiger partial charge is 0.454 e. The van der Waals surface area contributed by atoms with Crippen molar-refractivity contribution in [2.75, 3.05) is 26.4 Å². The van der Waals surface area contributed by atoms with Gasteiger partial charge in [0.05, 0.1) is 11.8 Å². The minimum atomic E-state index is -0.534. The summed E-state index contributed by atoms with van der Waals surface area (Å²) < 4.78 is 10.6. The van der Waals surface area contributed by atoms with E-state index < -0.39 is 5.97 Å². The molecule has 0 radical (unpaired) electrons. The highest BCUT2D eigenvalue weighted by Crippen LogP contribution is 2.52. The maximum atomic E-state index is 12.4. The van der Waals surface area contributed by atoms with Crippen molar-refractivity contribution in [1.82, 2.24) is 9.80 Å². The van der Waals surface area contributed by atoms with Crippen LogP contribution in [0.5, 0.6) is 11.5 Å². The lowest BCUT2D eigenvalue weighted by Gasteiger charge is -2.63. The highest BCUT2D eigenvalue weighted by molar-refractivity contribution is 6.31. The van der Waals surface area contributed by atoms with E-state index in [0.29, 0.717) is 35.1 Å². The molecule has 3 saturated heterocycles. The lowest BCUT2D eigenvalue weighted by atomic mass is 9.61. The molecule has 7 nitrogen and oxygen atoms in total. The topological polar surface area (TPSA) is 63.6 Å². The van der Waals surface area contributed by atoms with E-state index in [9.17, 15) is 4.79 Å². The van der Waals surface area contributed by atoms with Crippen LogP contribution in [0.4, 0.5) is 0 Å². The molecule has 0 aliphatic carbocycles. The van der Waals surface area contributed by atoms with Gasteiger partial charge in [-0.15, -0.1) is 0 Å². The Labute approximate surface area is 199 Å². The first-order valence-corrected chi connectivity index (χ1v) is 12.4. The second-order valence-corrected chi connectivity index (χ2v) is 10.6. The molecule has 176 valence electrons. The van der Waals surface area contributed by atoms with Gasteiger partial charge >= 0.3 is 5.97 Å². The summed E-state index contributed by atoms with van der Waals surface area (Å²) in [4.78, 5) is 22.8. The van der Waals surface area contributed by atoms with E-state index in [-0.39, 0.29) is 12.2 Å². The third kappa shape index (κ3) is 3.60. The Hall–Kier alpha value is -2.25. The summed E-state index contributed by atoms with van der Waals surface area (Å²) >= 11 is 6.95. The number of nitrogens with zero attached hydrogens (tertiary/aromatic N) is 3. The first kappa shape index (κ1) is 21.3. The van der Waals surface area contributed by atoms with E-state index in [1.54, 1.807) is 24.4 Å². The summed E-state index contributed by atoms with van der Waals surface area (Å²) in [5.41, 5.74) is 1.58. The van der Waals surface area contributed by atoms with Gasteiger partial charge < -0.3 is 19.2 Å². The summed E-state index contributed by atoms with van der Waals surface area (Å²) in [6.45, 7) is 6.11. The highest BCUT2D eigenvalue weighted by Gasteiger charge is 2.55. The summed E-state index contributed by atoms with van der Waals surface area (Å²) in [6.07, 6.45) is 8.64. The van der Waals surface area contributed by atoms with Gasteiger partial charge in [-0.25, -0.2) is 4.79 Å². The molecule has 4 atom stereocenters. The highest BCUT2D eigenvalue weighted by atomic mass is 35.5. The zero-order chi connectivity index (χ0) is 22.6. The molecular weight excluding hydrogens is 442 g/mol. The number of hydrogen-bond acceptors (Lipinski definition) is 7. The molecule has 1 aromatic rings. The van der Waals surface area contributed by atoms with Gasteiger partial charge in [-0.2, -0.15) is 0 Å². The van der Waals surface area contributed by atoms with Crippen molar-refractivity contribution >= 4 is 23.8 Å². The monoisotopic (exact) mass is 471 g/mol. The molecular formula is C25H30ClN3O4. The normalized spacial score (nSPS) is 33.2. The van der Waals surface area contributed by atoms with Crippen LogP contribution in [0.25, 0.3) is 0 Å². The number of hydrogen-bond donors (Lipinski definition) is 0. The van der Waals surface area contributed by atoms with E-state index in [1.165, 1.54) is 38.8 Å². The molecule has 1 aromatic carbocycles. The maximum Gasteiger partial charge on any atom is 0.365 e. The molecule has 5 aliphatic heterocycles. The number of rotatable bonds is 3. The minimum absolute atomic E-state index is 0.162. The van der Waals surface area contributed by atoms with E-state index >= 15 is 0 Å². The zero-order valence-corrected chi connectivity index (χ0v) is 19.7. The lowest BCUT2D eigenvalue weighted by molar-refractivity contribution is -0.113. The molecule has 5 aliphatic rings. The molecule has 0 saturated carbocycles. The Morgan fingerprint density at radius 2 is 2.09 bits per heavy atom. The number of fused-ring (bicyclic) bond motifs is 3. The maximum absolute atomic E-state index is 12.4. The Morgan fingerprint density at radius 3 is 3.00 bits per heavy atom. The van der Waals surface area contributed by atoms with Crippen molar-refractivity contribution < 1.29 is 19.1 Å². The molecule has 0 N–H and O–H groups in total. The molecule has 6 rings (SSSR count). The van der Waals surface area contributed by atoms with Crippen LogP contribution >= 0.6 is 11.6 Å². The molecule has 0 amide bonds. The second kappa shape index (κ2) is 8.20. The van der Waals surface area contributed by atoms with Crippen LogP contribution in [-0.2, 0) is 4.84 Å². The van der Waals surface area contributed by atoms with Crippen LogP contribution in [0.1, 0.15) is 55.8 Å². The van der Waals surface area contributed by atoms with E-state index in [0.717, 1.165) is 30.1 Å². The molecule has 0 spiro atoms. The standard InChI is InChI=1S/C25H30ClN3O4/c1-25-9-3-11-28-10-2-4-18(22(25)28)19-7-5-17(23(26)29(19)14-25)13-27-33-24(30)16-6-8-20-21(12-16)32-15-31-20/h6,8,12-13,18-19,22H,2-5,7,9-11,14-15H2,1H3/b27-13+/t18-,19-,22-,25+/m1/s1. The Balaban J connectivity index is 1.18. The van der Waals surface area contributed by atoms with Gasteiger partial charge in [0.15, 0.2) is 11.5 Å². The number of carbonyl (C=O) groups is 1. The lowest BCUT2D eigenvalue weighted by Crippen LogP contribution is -2.68. The summed E-state index contributed by atoms with van der Waals surface area (Å²) in [7, 11) is 0. The summed E-state index contributed by atoms with van der Waals surface area (Å²) in [5.74, 6) is 1.31. The minimum Gasteiger partial charge on any atom is -0.454 e. The van der Waals surface area contributed by atoms with E-state index in [1.807, 2.05) is 0 Å². The molecule has 0 aromatic heterocycles. The van der Waals surface area contributed by atoms with Crippen molar-refractivity contribution in [3.05, 3.63) is 34.5 Å². The number of oxime groups is 1. The predicted molar refractivity (Wildman–Crippen MR) is 125 cm³/mol. The van der Waals surface area contributed by atoms with Crippen LogP contribution in [0.2, 0.25) is 0 Å². The van der Waals surface area contributed by atoms with Crippen LogP contribution in [0.15, 0.2) is 34.1 Å². The zero-order valence-electron chi connectivity index (χ0n) is 19.0. The Kier molecular flexibility index (Phi) is 5.29. The molecule has 3 fully saturated rings. The van der Waals surface area contributed by atoms with Gasteiger partial charge in [0, 0.05) is 29.6 Å². The summed E-state index contributed by atoms with van der Waals surface area (Å²) in [6, 6.07) is 6.13. The number of carbonyl (C=O) groups excluding carboxylic acids is 1. The van der Waals surface area contributed by atoms with Gasteiger partial charge in [0.1, 0.15) is 5.16 Å². The number of benzene rings is 1. The Bertz CT molecular complexity index is 1020. The first-order chi connectivity index (χ1) is 16.0. The number of piperidine rings is 3. The van der Waals surface area contributed by atoms with Crippen LogP contribution in [0.3, 0.4) is 0 Å². The van der Waals surface area contributed by atoms with Gasteiger partial charge in [-0.05, 0) is 75.7 Å². The first-order valence-electron chi connectivity index (χ1n) is 12.1. The van der Waals surface area contributed by atoms with Crippen LogP contribution in [-0.4, -0.2) is 60.5 Å². The van der Waals surface area contributed by atoms with Crippen LogP contribution in [0, 0.1) is 11.3 Å². The number of halogens is 1. The van der Waals surface area contributed by atoms with Crippen molar-refractivity contribution in [2.24, 2.45) is 16.5 Å². The van der Waals surface area contributed by atoms with Gasteiger partial charge in [-0.1, -0.05) is 23.7 Å². The average molecular weight is 472 g/mol. The number of allylic oxidation sites excluding steroid dienone is 1. The predicted octanol–water partition coefficient (Wildman–Crippen LogP) is 4.37. The third-order valence-corrected chi connectivity index (χ3v) is 8.75. The number of ether oxygens (including phenoxy) is 2. The van der Waals surface area contributed by atoms with Crippen molar-refractivity contribution in [2.45, 2.75) is 57.5 Å². The van der Waals surface area contributed by atoms with E-state index in [4.69, 9.17) is 25.9 Å². The van der Waals surface area contributed by atoms with Crippen LogP contribution < -0.4 is 9.47 Å². The fourth-order valence-electron chi connectivity index (χ4n) is 6.96. The Morgan fingerprint density at radius 1 is 1.24 bits per heavy atom. The second-order valence-electron chi connectivity index (χ2n) is 10.3. The van der Waals surface area contributed by atoms with E-state index in [2.05, 4.69) is 21.9 Å². The molecule has 0 bridgehead atoms. The van der Waals surface area contributed by atoms with Gasteiger partial charge in [-0.3, -0.25) is 4.90 Å². The molecule has 5 heterocycles. The van der Waals surface area contributed by atoms with Gasteiger partial charge in [0.25, 0.3) is 0 Å². The average Bonchev–Trinajstić information content (AvgIpc) is 3.29. The van der Waals surface area contributed by atoms with Crippen molar-refractivity contribution in [3.63, 3.8) is 0 Å². The quantitative estimate of drug-likeness (QED) is 0.282. The molecule has 33 heavy (non-hydrogen) atoms. The smallest absolute Gasteiger partial charge is 0.365 e. The summed E-state index contributed by atoms with van der Waals surface area (Å²) in [5, 5.41) is 4.76. The van der Waals surface area contributed by atoms with Crippen molar-refractivity contribution in [3.8, 4) is 11.5 Å². The van der Waals surface area contributed by atoms with Gasteiger partial charge in [0.2, 0.25) is 6.79 Å². The fourth-order valence-corrected chi connectivity index (χ4v) is 7.29.